The Hall–Kier alpha value is -0.640. The van der Waals surface area contributed by atoms with Crippen molar-refractivity contribution in [1.82, 2.24) is 9.36 Å². The highest BCUT2D eigenvalue weighted by atomic mass is 32.1. The largest absolute Gasteiger partial charge is 0.347 e. The van der Waals surface area contributed by atoms with Gasteiger partial charge in [0.05, 0.1) is 0 Å². The summed E-state index contributed by atoms with van der Waals surface area (Å²) in [7, 11) is 0. The van der Waals surface area contributed by atoms with Gasteiger partial charge in [0.1, 0.15) is 6.33 Å². The molecule has 12 heavy (non-hydrogen) atoms. The third kappa shape index (κ3) is 1.75. The SMILES string of the molecule is c1nsc(N2CCCCCC2)n1. The van der Waals surface area contributed by atoms with Gasteiger partial charge in [-0.1, -0.05) is 12.8 Å². The Balaban J connectivity index is 2.02. The van der Waals surface area contributed by atoms with E-state index in [1.807, 2.05) is 0 Å². The molecule has 0 radical (unpaired) electrons. The van der Waals surface area contributed by atoms with Gasteiger partial charge in [-0.25, -0.2) is 4.98 Å². The average molecular weight is 183 g/mol. The van der Waals surface area contributed by atoms with Crippen LogP contribution in [0.2, 0.25) is 0 Å². The first kappa shape index (κ1) is 7.98. The molecule has 1 aliphatic rings. The van der Waals surface area contributed by atoms with E-state index in [-0.39, 0.29) is 0 Å². The highest BCUT2D eigenvalue weighted by Crippen LogP contribution is 2.19. The minimum absolute atomic E-state index is 1.09. The fourth-order valence-electron chi connectivity index (χ4n) is 1.57. The van der Waals surface area contributed by atoms with Crippen molar-refractivity contribution in [1.29, 1.82) is 0 Å². The van der Waals surface area contributed by atoms with Gasteiger partial charge in [-0.05, 0) is 12.8 Å². The smallest absolute Gasteiger partial charge is 0.204 e. The van der Waals surface area contributed by atoms with E-state index in [9.17, 15) is 0 Å². The molecule has 1 fully saturated rings. The summed E-state index contributed by atoms with van der Waals surface area (Å²) in [6.07, 6.45) is 6.99. The fraction of sp³-hybridized carbons (Fsp3) is 0.750. The molecule has 0 N–H and O–H groups in total. The Morgan fingerprint density at radius 3 is 2.50 bits per heavy atom. The van der Waals surface area contributed by atoms with Crippen molar-refractivity contribution in [3.63, 3.8) is 0 Å². The Morgan fingerprint density at radius 1 is 1.17 bits per heavy atom. The molecule has 0 bridgehead atoms. The molecule has 0 amide bonds. The summed E-state index contributed by atoms with van der Waals surface area (Å²) in [6.45, 7) is 2.32. The Kier molecular flexibility index (Phi) is 2.56. The van der Waals surface area contributed by atoms with E-state index in [1.165, 1.54) is 37.2 Å². The predicted octanol–water partition coefficient (Wildman–Crippen LogP) is 1.92. The lowest BCUT2D eigenvalue weighted by molar-refractivity contribution is 0.726. The average Bonchev–Trinajstić information content (AvgIpc) is 2.48. The van der Waals surface area contributed by atoms with Gasteiger partial charge >= 0.3 is 0 Å². The molecule has 0 atom stereocenters. The van der Waals surface area contributed by atoms with E-state index in [0.717, 1.165) is 18.2 Å². The molecule has 0 aromatic carbocycles. The zero-order valence-corrected chi connectivity index (χ0v) is 7.89. The summed E-state index contributed by atoms with van der Waals surface area (Å²) in [6, 6.07) is 0. The molecule has 3 nitrogen and oxygen atoms in total. The number of hydrogen-bond donors (Lipinski definition) is 0. The first-order valence-corrected chi connectivity index (χ1v) is 5.26. The molecule has 1 saturated heterocycles. The normalized spacial score (nSPS) is 19.2. The zero-order valence-electron chi connectivity index (χ0n) is 7.07. The lowest BCUT2D eigenvalue weighted by atomic mass is 10.2. The molecule has 0 aliphatic carbocycles. The van der Waals surface area contributed by atoms with Crippen LogP contribution in [0.15, 0.2) is 6.33 Å². The van der Waals surface area contributed by atoms with Crippen LogP contribution in [0, 0.1) is 0 Å². The summed E-state index contributed by atoms with van der Waals surface area (Å²) in [4.78, 5) is 6.57. The second-order valence-corrected chi connectivity index (χ2v) is 3.88. The third-order valence-electron chi connectivity index (χ3n) is 2.23. The van der Waals surface area contributed by atoms with Crippen molar-refractivity contribution in [2.75, 3.05) is 18.0 Å². The van der Waals surface area contributed by atoms with Crippen LogP contribution in [-0.2, 0) is 0 Å². The molecule has 4 heteroatoms. The Labute approximate surface area is 76.6 Å². The quantitative estimate of drug-likeness (QED) is 0.666. The van der Waals surface area contributed by atoms with Crippen LogP contribution in [0.1, 0.15) is 25.7 Å². The van der Waals surface area contributed by atoms with E-state index in [4.69, 9.17) is 0 Å². The van der Waals surface area contributed by atoms with Crippen molar-refractivity contribution in [2.24, 2.45) is 0 Å². The van der Waals surface area contributed by atoms with Crippen molar-refractivity contribution >= 4 is 16.7 Å². The molecule has 1 aromatic rings. The summed E-state index contributed by atoms with van der Waals surface area (Å²) >= 11 is 1.50. The second-order valence-electron chi connectivity index (χ2n) is 3.13. The monoisotopic (exact) mass is 183 g/mol. The predicted molar refractivity (Wildman–Crippen MR) is 50.6 cm³/mol. The third-order valence-corrected chi connectivity index (χ3v) is 2.95. The fourth-order valence-corrected chi connectivity index (χ4v) is 2.15. The van der Waals surface area contributed by atoms with Crippen LogP contribution in [0.3, 0.4) is 0 Å². The van der Waals surface area contributed by atoms with Crippen molar-refractivity contribution in [3.8, 4) is 0 Å². The molecule has 0 spiro atoms. The second kappa shape index (κ2) is 3.85. The zero-order chi connectivity index (χ0) is 8.23. The first-order valence-electron chi connectivity index (χ1n) is 4.48. The van der Waals surface area contributed by atoms with Crippen LogP contribution >= 0.6 is 11.5 Å². The van der Waals surface area contributed by atoms with Gasteiger partial charge in [0.2, 0.25) is 5.13 Å². The van der Waals surface area contributed by atoms with Crippen molar-refractivity contribution < 1.29 is 0 Å². The maximum absolute atomic E-state index is 4.21. The van der Waals surface area contributed by atoms with Gasteiger partial charge in [-0.3, -0.25) is 0 Å². The Bertz CT molecular complexity index is 214. The van der Waals surface area contributed by atoms with E-state index in [2.05, 4.69) is 14.3 Å². The maximum Gasteiger partial charge on any atom is 0.204 e. The molecule has 0 unspecified atom stereocenters. The minimum Gasteiger partial charge on any atom is -0.347 e. The number of aromatic nitrogens is 2. The van der Waals surface area contributed by atoms with E-state index in [0.29, 0.717) is 0 Å². The van der Waals surface area contributed by atoms with Gasteiger partial charge in [0, 0.05) is 24.6 Å². The van der Waals surface area contributed by atoms with Crippen molar-refractivity contribution in [3.05, 3.63) is 6.33 Å². The number of anilines is 1. The molecular weight excluding hydrogens is 170 g/mol. The molecular formula is C8H13N3S. The van der Waals surface area contributed by atoms with Gasteiger partial charge < -0.3 is 4.90 Å². The van der Waals surface area contributed by atoms with Gasteiger partial charge in [-0.15, -0.1) is 0 Å². The number of rotatable bonds is 1. The maximum atomic E-state index is 4.21. The lowest BCUT2D eigenvalue weighted by Gasteiger charge is -2.17. The lowest BCUT2D eigenvalue weighted by Crippen LogP contribution is -2.23. The Morgan fingerprint density at radius 2 is 1.92 bits per heavy atom. The van der Waals surface area contributed by atoms with Crippen LogP contribution in [-0.4, -0.2) is 22.4 Å². The molecule has 66 valence electrons. The topological polar surface area (TPSA) is 29.0 Å². The highest BCUT2D eigenvalue weighted by Gasteiger charge is 2.11. The number of nitrogens with zero attached hydrogens (tertiary/aromatic N) is 3. The van der Waals surface area contributed by atoms with E-state index in [1.54, 1.807) is 6.33 Å². The van der Waals surface area contributed by atoms with E-state index >= 15 is 0 Å². The van der Waals surface area contributed by atoms with Crippen molar-refractivity contribution in [2.45, 2.75) is 25.7 Å². The van der Waals surface area contributed by atoms with Gasteiger partial charge in [-0.2, -0.15) is 4.37 Å². The van der Waals surface area contributed by atoms with Gasteiger partial charge in [0.15, 0.2) is 0 Å². The molecule has 2 heterocycles. The van der Waals surface area contributed by atoms with E-state index < -0.39 is 0 Å². The van der Waals surface area contributed by atoms with Crippen LogP contribution < -0.4 is 4.90 Å². The van der Waals surface area contributed by atoms with Crippen LogP contribution in [0.5, 0.6) is 0 Å². The molecule has 2 rings (SSSR count). The summed E-state index contributed by atoms with van der Waals surface area (Å²) in [5.41, 5.74) is 0. The molecule has 1 aromatic heterocycles. The van der Waals surface area contributed by atoms with Crippen LogP contribution in [0.25, 0.3) is 0 Å². The summed E-state index contributed by atoms with van der Waals surface area (Å²) < 4.78 is 4.02. The summed E-state index contributed by atoms with van der Waals surface area (Å²) in [5, 5.41) is 1.09. The van der Waals surface area contributed by atoms with Gasteiger partial charge in [0.25, 0.3) is 0 Å². The molecule has 0 saturated carbocycles. The highest BCUT2D eigenvalue weighted by molar-refractivity contribution is 7.09. The first-order chi connectivity index (χ1) is 5.97. The standard InChI is InChI=1S/C8H13N3S/c1-2-4-6-11(5-3-1)8-9-7-10-12-8/h7H,1-6H2. The number of hydrogen-bond acceptors (Lipinski definition) is 4. The minimum atomic E-state index is 1.09. The summed E-state index contributed by atoms with van der Waals surface area (Å²) in [5.74, 6) is 0. The van der Waals surface area contributed by atoms with Crippen LogP contribution in [0.4, 0.5) is 5.13 Å². The molecule has 1 aliphatic heterocycles.